The van der Waals surface area contributed by atoms with Crippen LogP contribution < -0.4 is 10.6 Å². The molecule has 1 saturated heterocycles. The van der Waals surface area contributed by atoms with E-state index in [9.17, 15) is 4.79 Å². The predicted molar refractivity (Wildman–Crippen MR) is 83.2 cm³/mol. The molecule has 0 atom stereocenters. The lowest BCUT2D eigenvalue weighted by molar-refractivity contribution is 0.0956. The lowest BCUT2D eigenvalue weighted by Crippen LogP contribution is -2.38. The molecule has 4 nitrogen and oxygen atoms in total. The lowest BCUT2D eigenvalue weighted by Gasteiger charge is -2.32. The zero-order chi connectivity index (χ0) is 14.4. The first-order valence-electron chi connectivity index (χ1n) is 7.60. The first-order chi connectivity index (χ1) is 9.72. The van der Waals surface area contributed by atoms with Crippen molar-refractivity contribution in [2.75, 3.05) is 31.5 Å². The van der Waals surface area contributed by atoms with Gasteiger partial charge in [-0.1, -0.05) is 6.92 Å². The second-order valence-electron chi connectivity index (χ2n) is 5.29. The molecule has 110 valence electrons. The molecule has 1 fully saturated rings. The van der Waals surface area contributed by atoms with Crippen molar-refractivity contribution in [1.29, 1.82) is 0 Å². The normalized spacial score (nSPS) is 16.9. The Labute approximate surface area is 121 Å². The Morgan fingerprint density at radius 1 is 1.20 bits per heavy atom. The molecule has 0 aliphatic carbocycles. The van der Waals surface area contributed by atoms with Gasteiger partial charge in [-0.05, 0) is 50.6 Å². The van der Waals surface area contributed by atoms with Gasteiger partial charge in [-0.15, -0.1) is 0 Å². The van der Waals surface area contributed by atoms with Gasteiger partial charge in [-0.25, -0.2) is 0 Å². The highest BCUT2D eigenvalue weighted by atomic mass is 16.1. The summed E-state index contributed by atoms with van der Waals surface area (Å²) in [5.41, 5.74) is 1.83. The summed E-state index contributed by atoms with van der Waals surface area (Å²) in [4.78, 5) is 14.2. The summed E-state index contributed by atoms with van der Waals surface area (Å²) in [6.45, 7) is 8.30. The third-order valence-electron chi connectivity index (χ3n) is 3.89. The first-order valence-corrected chi connectivity index (χ1v) is 7.60. The van der Waals surface area contributed by atoms with Gasteiger partial charge in [-0.3, -0.25) is 4.79 Å². The average molecular weight is 275 g/mol. The van der Waals surface area contributed by atoms with E-state index in [0.717, 1.165) is 17.8 Å². The Morgan fingerprint density at radius 2 is 1.85 bits per heavy atom. The minimum atomic E-state index is -0.00435. The average Bonchev–Trinajstić information content (AvgIpc) is 2.49. The van der Waals surface area contributed by atoms with Gasteiger partial charge >= 0.3 is 0 Å². The number of hydrogen-bond acceptors (Lipinski definition) is 3. The topological polar surface area (TPSA) is 44.4 Å². The Bertz CT molecular complexity index is 422. The monoisotopic (exact) mass is 275 g/mol. The summed E-state index contributed by atoms with van der Waals surface area (Å²) in [5, 5.41) is 6.37. The molecule has 1 aliphatic rings. The van der Waals surface area contributed by atoms with Gasteiger partial charge in [0.15, 0.2) is 0 Å². The first kappa shape index (κ1) is 14.9. The van der Waals surface area contributed by atoms with Crippen LogP contribution in [0, 0.1) is 0 Å². The number of rotatable bonds is 5. The summed E-state index contributed by atoms with van der Waals surface area (Å²) in [5.74, 6) is -0.00435. The van der Waals surface area contributed by atoms with Crippen LogP contribution in [-0.2, 0) is 0 Å². The van der Waals surface area contributed by atoms with Crippen LogP contribution >= 0.6 is 0 Å². The number of amides is 1. The number of piperidine rings is 1. The van der Waals surface area contributed by atoms with E-state index in [-0.39, 0.29) is 5.91 Å². The number of nitrogens with one attached hydrogen (secondary N) is 2. The highest BCUT2D eigenvalue weighted by Crippen LogP contribution is 2.17. The maximum atomic E-state index is 11.7. The third-order valence-corrected chi connectivity index (χ3v) is 3.89. The van der Waals surface area contributed by atoms with Crippen LogP contribution in [0.4, 0.5) is 5.69 Å². The number of carbonyl (C=O) groups excluding carboxylic acids is 1. The smallest absolute Gasteiger partial charge is 0.251 e. The van der Waals surface area contributed by atoms with Crippen LogP contribution in [0.1, 0.15) is 37.0 Å². The van der Waals surface area contributed by atoms with Crippen molar-refractivity contribution in [1.82, 2.24) is 10.2 Å². The maximum absolute atomic E-state index is 11.7. The lowest BCUT2D eigenvalue weighted by atomic mass is 10.0. The van der Waals surface area contributed by atoms with Gasteiger partial charge in [-0.2, -0.15) is 0 Å². The molecule has 0 radical (unpaired) electrons. The Morgan fingerprint density at radius 3 is 2.40 bits per heavy atom. The van der Waals surface area contributed by atoms with E-state index < -0.39 is 0 Å². The largest absolute Gasteiger partial charge is 0.382 e. The SMILES string of the molecule is CCNC(=O)c1ccc(NC2CCN(CC)CC2)cc1. The van der Waals surface area contributed by atoms with E-state index in [0.29, 0.717) is 12.6 Å². The molecule has 0 aromatic heterocycles. The zero-order valence-electron chi connectivity index (χ0n) is 12.5. The van der Waals surface area contributed by atoms with Crippen molar-refractivity contribution in [3.63, 3.8) is 0 Å². The summed E-state index contributed by atoms with van der Waals surface area (Å²) in [6.07, 6.45) is 2.37. The standard InChI is InChI=1S/C16H25N3O/c1-3-17-16(20)13-5-7-14(8-6-13)18-15-9-11-19(4-2)12-10-15/h5-8,15,18H,3-4,9-12H2,1-2H3,(H,17,20). The summed E-state index contributed by atoms with van der Waals surface area (Å²) < 4.78 is 0. The second-order valence-corrected chi connectivity index (χ2v) is 5.29. The van der Waals surface area contributed by atoms with Gasteiger partial charge in [0.25, 0.3) is 5.91 Å². The molecule has 1 aromatic rings. The minimum absolute atomic E-state index is 0.00435. The molecule has 1 aliphatic heterocycles. The van der Waals surface area contributed by atoms with Crippen LogP contribution in [0.15, 0.2) is 24.3 Å². The molecule has 0 unspecified atom stereocenters. The van der Waals surface area contributed by atoms with E-state index in [1.807, 2.05) is 31.2 Å². The van der Waals surface area contributed by atoms with Crippen molar-refractivity contribution in [2.24, 2.45) is 0 Å². The van der Waals surface area contributed by atoms with E-state index in [1.54, 1.807) is 0 Å². The molecule has 0 saturated carbocycles. The number of anilines is 1. The number of nitrogens with zero attached hydrogens (tertiary/aromatic N) is 1. The van der Waals surface area contributed by atoms with Gasteiger partial charge in [0.05, 0.1) is 0 Å². The van der Waals surface area contributed by atoms with E-state index in [4.69, 9.17) is 0 Å². The Kier molecular flexibility index (Phi) is 5.41. The van der Waals surface area contributed by atoms with Crippen LogP contribution in [0.3, 0.4) is 0 Å². The molecule has 2 N–H and O–H groups in total. The van der Waals surface area contributed by atoms with Crippen LogP contribution in [0.5, 0.6) is 0 Å². The van der Waals surface area contributed by atoms with E-state index in [1.165, 1.54) is 25.9 Å². The van der Waals surface area contributed by atoms with Gasteiger partial charge < -0.3 is 15.5 Å². The van der Waals surface area contributed by atoms with Crippen molar-refractivity contribution in [3.05, 3.63) is 29.8 Å². The molecule has 1 aromatic carbocycles. The molecule has 4 heteroatoms. The Hall–Kier alpha value is -1.55. The molecule has 0 spiro atoms. The molecule has 0 bridgehead atoms. The molecular weight excluding hydrogens is 250 g/mol. The fourth-order valence-corrected chi connectivity index (χ4v) is 2.61. The zero-order valence-corrected chi connectivity index (χ0v) is 12.5. The highest BCUT2D eigenvalue weighted by molar-refractivity contribution is 5.94. The van der Waals surface area contributed by atoms with Crippen LogP contribution in [0.25, 0.3) is 0 Å². The Balaban J connectivity index is 1.86. The summed E-state index contributed by atoms with van der Waals surface area (Å²) >= 11 is 0. The van der Waals surface area contributed by atoms with Crippen LogP contribution in [-0.4, -0.2) is 43.0 Å². The van der Waals surface area contributed by atoms with Gasteiger partial charge in [0, 0.05) is 36.9 Å². The fourth-order valence-electron chi connectivity index (χ4n) is 2.61. The van der Waals surface area contributed by atoms with Crippen molar-refractivity contribution in [3.8, 4) is 0 Å². The van der Waals surface area contributed by atoms with E-state index >= 15 is 0 Å². The second kappa shape index (κ2) is 7.29. The summed E-state index contributed by atoms with van der Waals surface area (Å²) in [7, 11) is 0. The molecular formula is C16H25N3O. The highest BCUT2D eigenvalue weighted by Gasteiger charge is 2.17. The maximum Gasteiger partial charge on any atom is 0.251 e. The van der Waals surface area contributed by atoms with Crippen molar-refractivity contribution in [2.45, 2.75) is 32.7 Å². The number of hydrogen-bond donors (Lipinski definition) is 2. The van der Waals surface area contributed by atoms with Crippen molar-refractivity contribution >= 4 is 11.6 Å². The number of benzene rings is 1. The van der Waals surface area contributed by atoms with Gasteiger partial charge in [0.1, 0.15) is 0 Å². The van der Waals surface area contributed by atoms with E-state index in [2.05, 4.69) is 22.5 Å². The molecule has 2 rings (SSSR count). The fraction of sp³-hybridized carbons (Fsp3) is 0.562. The molecule has 20 heavy (non-hydrogen) atoms. The minimum Gasteiger partial charge on any atom is -0.382 e. The van der Waals surface area contributed by atoms with Crippen molar-refractivity contribution < 1.29 is 4.79 Å². The predicted octanol–water partition coefficient (Wildman–Crippen LogP) is 2.33. The molecule has 1 amide bonds. The third kappa shape index (κ3) is 3.97. The number of carbonyl (C=O) groups is 1. The summed E-state index contributed by atoms with van der Waals surface area (Å²) in [6, 6.07) is 8.31. The van der Waals surface area contributed by atoms with Crippen LogP contribution in [0.2, 0.25) is 0 Å². The number of likely N-dealkylation sites (tertiary alicyclic amines) is 1. The quantitative estimate of drug-likeness (QED) is 0.867. The van der Waals surface area contributed by atoms with Gasteiger partial charge in [0.2, 0.25) is 0 Å². The molecule has 1 heterocycles.